The van der Waals surface area contributed by atoms with Gasteiger partial charge in [-0.05, 0) is 39.0 Å². The topological polar surface area (TPSA) is 87.1 Å². The number of likely N-dealkylation sites (tertiary alicyclic amines) is 1. The second-order valence-electron chi connectivity index (χ2n) is 9.54. The van der Waals surface area contributed by atoms with Gasteiger partial charge >= 0.3 is 5.97 Å². The molecule has 3 fully saturated rings. The zero-order valence-corrected chi connectivity index (χ0v) is 20.8. The van der Waals surface area contributed by atoms with Crippen LogP contribution in [0.1, 0.15) is 52.4 Å². The van der Waals surface area contributed by atoms with Gasteiger partial charge in [0, 0.05) is 31.0 Å². The van der Waals surface area contributed by atoms with E-state index < -0.39 is 27.4 Å². The number of thioether (sulfide) groups is 1. The van der Waals surface area contributed by atoms with Gasteiger partial charge in [-0.25, -0.2) is 0 Å². The number of aliphatic hydroxyl groups excluding tert-OH is 1. The number of rotatable bonds is 13. The minimum Gasteiger partial charge on any atom is -0.461 e. The first-order valence-electron chi connectivity index (χ1n) is 12.1. The zero-order valence-electron chi connectivity index (χ0n) is 20.0. The van der Waals surface area contributed by atoms with Crippen LogP contribution < -0.4 is 0 Å². The molecule has 0 aliphatic carbocycles. The van der Waals surface area contributed by atoms with Crippen molar-refractivity contribution >= 4 is 29.5 Å². The number of aliphatic hydroxyl groups is 1. The number of unbranched alkanes of at least 4 members (excludes halogenated alkanes) is 2. The van der Waals surface area contributed by atoms with Crippen LogP contribution >= 0.6 is 11.8 Å². The molecule has 3 aliphatic rings. The van der Waals surface area contributed by atoms with Crippen LogP contribution in [0.25, 0.3) is 0 Å². The Bertz CT molecular complexity index is 789. The Morgan fingerprint density at radius 2 is 2.03 bits per heavy atom. The van der Waals surface area contributed by atoms with E-state index in [9.17, 15) is 19.5 Å². The third kappa shape index (κ3) is 4.48. The Labute approximate surface area is 201 Å². The van der Waals surface area contributed by atoms with Crippen LogP contribution in [0.4, 0.5) is 0 Å². The van der Waals surface area contributed by atoms with Gasteiger partial charge in [0.15, 0.2) is 0 Å². The maximum absolute atomic E-state index is 14.0. The Balaban J connectivity index is 2.00. The molecule has 3 rings (SSSR count). The summed E-state index contributed by atoms with van der Waals surface area (Å²) >= 11 is 1.65. The quantitative estimate of drug-likeness (QED) is 0.249. The van der Waals surface area contributed by atoms with E-state index in [1.54, 1.807) is 22.7 Å². The van der Waals surface area contributed by atoms with Gasteiger partial charge in [0.2, 0.25) is 11.8 Å². The van der Waals surface area contributed by atoms with Gasteiger partial charge in [-0.1, -0.05) is 32.1 Å². The van der Waals surface area contributed by atoms with E-state index in [-0.39, 0.29) is 31.0 Å². The van der Waals surface area contributed by atoms with Crippen molar-refractivity contribution in [3.8, 4) is 0 Å². The van der Waals surface area contributed by atoms with Crippen LogP contribution in [0, 0.1) is 11.8 Å². The molecule has 0 aromatic carbocycles. The van der Waals surface area contributed by atoms with Crippen LogP contribution in [0.2, 0.25) is 0 Å². The van der Waals surface area contributed by atoms with Crippen molar-refractivity contribution in [3.05, 3.63) is 25.3 Å². The maximum atomic E-state index is 14.0. The molecule has 5 atom stereocenters. The number of carbonyl (C=O) groups excluding carboxylic acids is 3. The largest absolute Gasteiger partial charge is 0.461 e. The van der Waals surface area contributed by atoms with E-state index in [1.165, 1.54) is 6.08 Å². The molecule has 2 bridgehead atoms. The highest BCUT2D eigenvalue weighted by atomic mass is 32.2. The summed E-state index contributed by atoms with van der Waals surface area (Å²) in [5, 5.41) is 9.27. The SMILES string of the molecule is C=CCOC(=O)[C@@H]1[C@H]2C(=O)N(CCCCO)C(C(=O)N(CC=C)CCCC)C23CC[C@@]1(C)S3. The molecule has 2 amide bonds. The number of hydrogen-bond donors (Lipinski definition) is 1. The van der Waals surface area contributed by atoms with Gasteiger partial charge in [0.05, 0.1) is 16.6 Å². The second kappa shape index (κ2) is 10.6. The normalized spacial score (nSPS) is 32.0. The average molecular weight is 479 g/mol. The lowest BCUT2D eigenvalue weighted by molar-refractivity contribution is -0.154. The Hall–Kier alpha value is -1.80. The van der Waals surface area contributed by atoms with E-state index in [0.717, 1.165) is 25.7 Å². The summed E-state index contributed by atoms with van der Waals surface area (Å²) in [6, 6.07) is -0.616. The summed E-state index contributed by atoms with van der Waals surface area (Å²) in [5.41, 5.74) is 0. The summed E-state index contributed by atoms with van der Waals surface area (Å²) in [5.74, 6) is -1.71. The maximum Gasteiger partial charge on any atom is 0.311 e. The smallest absolute Gasteiger partial charge is 0.311 e. The van der Waals surface area contributed by atoms with Crippen LogP contribution in [0.5, 0.6) is 0 Å². The first kappa shape index (κ1) is 25.8. The first-order chi connectivity index (χ1) is 15.8. The molecule has 7 nitrogen and oxygen atoms in total. The van der Waals surface area contributed by atoms with Crippen LogP contribution in [-0.2, 0) is 19.1 Å². The molecule has 2 unspecified atom stereocenters. The van der Waals surface area contributed by atoms with Crippen LogP contribution in [0.3, 0.4) is 0 Å². The number of fused-ring (bicyclic) bond motifs is 1. The fourth-order valence-corrected chi connectivity index (χ4v) is 8.24. The minimum atomic E-state index is -0.633. The molecular formula is C25H38N2O5S. The van der Waals surface area contributed by atoms with Gasteiger partial charge in [-0.2, -0.15) is 0 Å². The Morgan fingerprint density at radius 1 is 1.27 bits per heavy atom. The Morgan fingerprint density at radius 3 is 2.67 bits per heavy atom. The van der Waals surface area contributed by atoms with Gasteiger partial charge in [0.1, 0.15) is 12.6 Å². The van der Waals surface area contributed by atoms with Crippen molar-refractivity contribution in [1.29, 1.82) is 0 Å². The lowest BCUT2D eigenvalue weighted by Gasteiger charge is -2.37. The summed E-state index contributed by atoms with van der Waals surface area (Å²) in [6.07, 6.45) is 7.75. The molecule has 3 aliphatic heterocycles. The third-order valence-electron chi connectivity index (χ3n) is 7.36. The lowest BCUT2D eigenvalue weighted by atomic mass is 9.66. The van der Waals surface area contributed by atoms with Gasteiger partial charge in [-0.15, -0.1) is 18.3 Å². The lowest BCUT2D eigenvalue weighted by Crippen LogP contribution is -2.55. The van der Waals surface area contributed by atoms with Gasteiger partial charge in [0.25, 0.3) is 0 Å². The zero-order chi connectivity index (χ0) is 24.2. The van der Waals surface area contributed by atoms with Crippen molar-refractivity contribution < 1.29 is 24.2 Å². The molecule has 0 saturated carbocycles. The first-order valence-corrected chi connectivity index (χ1v) is 12.9. The number of ether oxygens (including phenoxy) is 1. The fraction of sp³-hybridized carbons (Fsp3) is 0.720. The second-order valence-corrected chi connectivity index (χ2v) is 11.4. The number of amides is 2. The molecule has 1 spiro atoms. The number of esters is 1. The molecule has 3 saturated heterocycles. The molecule has 0 radical (unpaired) electrons. The monoisotopic (exact) mass is 478 g/mol. The predicted octanol–water partition coefficient (Wildman–Crippen LogP) is 2.78. The average Bonchev–Trinajstić information content (AvgIpc) is 3.36. The summed E-state index contributed by atoms with van der Waals surface area (Å²) in [4.78, 5) is 44.5. The minimum absolute atomic E-state index is 0.0393. The van der Waals surface area contributed by atoms with Crippen LogP contribution in [0.15, 0.2) is 25.3 Å². The fourth-order valence-electron chi connectivity index (χ4n) is 5.90. The van der Waals surface area contributed by atoms with Crippen molar-refractivity contribution in [2.24, 2.45) is 11.8 Å². The molecule has 33 heavy (non-hydrogen) atoms. The molecule has 3 heterocycles. The van der Waals surface area contributed by atoms with E-state index in [2.05, 4.69) is 20.1 Å². The summed E-state index contributed by atoms with van der Waals surface area (Å²) in [7, 11) is 0. The highest BCUT2D eigenvalue weighted by Crippen LogP contribution is 2.71. The molecule has 184 valence electrons. The van der Waals surface area contributed by atoms with Crippen molar-refractivity contribution in [1.82, 2.24) is 9.80 Å². The van der Waals surface area contributed by atoms with Gasteiger partial charge < -0.3 is 19.6 Å². The standard InChI is InChI=1S/C25H38N2O5S/c1-5-8-14-26(13-6-2)22(30)20-25-12-11-24(4,33-25)19(23(31)32-17-7-3)18(25)21(29)27(20)15-9-10-16-28/h6-7,18-20,28H,2-3,5,8-17H2,1,4H3/t18-,19-,20?,24+,25?/m0/s1. The molecule has 0 aromatic rings. The highest BCUT2D eigenvalue weighted by Gasteiger charge is 2.77. The van der Waals surface area contributed by atoms with E-state index in [4.69, 9.17) is 4.74 Å². The van der Waals surface area contributed by atoms with Crippen molar-refractivity contribution in [2.75, 3.05) is 32.8 Å². The number of hydrogen-bond acceptors (Lipinski definition) is 6. The van der Waals surface area contributed by atoms with Gasteiger partial charge in [-0.3, -0.25) is 14.4 Å². The molecule has 0 aromatic heterocycles. The molecule has 8 heteroatoms. The van der Waals surface area contributed by atoms with E-state index >= 15 is 0 Å². The predicted molar refractivity (Wildman–Crippen MR) is 130 cm³/mol. The van der Waals surface area contributed by atoms with Crippen molar-refractivity contribution in [3.63, 3.8) is 0 Å². The Kier molecular flexibility index (Phi) is 8.32. The van der Waals surface area contributed by atoms with E-state index in [1.807, 2.05) is 11.8 Å². The van der Waals surface area contributed by atoms with E-state index in [0.29, 0.717) is 32.5 Å². The highest BCUT2D eigenvalue weighted by molar-refractivity contribution is 8.02. The number of nitrogens with zero attached hydrogens (tertiary/aromatic N) is 2. The van der Waals surface area contributed by atoms with Crippen molar-refractivity contribution in [2.45, 2.75) is 67.9 Å². The third-order valence-corrected chi connectivity index (χ3v) is 9.34. The molecular weight excluding hydrogens is 440 g/mol. The molecule has 1 N–H and O–H groups in total. The van der Waals surface area contributed by atoms with Crippen LogP contribution in [-0.4, -0.2) is 81.1 Å². The number of carbonyl (C=O) groups is 3. The summed E-state index contributed by atoms with van der Waals surface area (Å²) < 4.78 is 4.37. The summed E-state index contributed by atoms with van der Waals surface area (Å²) in [6.45, 7) is 13.2.